The summed E-state index contributed by atoms with van der Waals surface area (Å²) in [4.78, 5) is 11.2. The lowest BCUT2D eigenvalue weighted by atomic mass is 10.2. The van der Waals surface area contributed by atoms with Crippen molar-refractivity contribution >= 4 is 5.78 Å². The number of carbonyl (C=O) groups is 1. The van der Waals surface area contributed by atoms with Gasteiger partial charge in [0.1, 0.15) is 12.2 Å². The second-order valence-electron chi connectivity index (χ2n) is 3.17. The Kier molecular flexibility index (Phi) is 0.754. The Morgan fingerprint density at radius 1 is 1.10 bits per heavy atom. The Labute approximate surface area is 58.3 Å². The van der Waals surface area contributed by atoms with Crippen LogP contribution in [0, 0.1) is 0 Å². The Bertz CT molecular complexity index is 181. The number of Topliss-reactive ketones (excluding diaryl/α,β-unsaturated/α-hetero) is 1. The third-order valence-corrected chi connectivity index (χ3v) is 2.46. The summed E-state index contributed by atoms with van der Waals surface area (Å²) in [5, 5.41) is 0. The second-order valence-corrected chi connectivity index (χ2v) is 3.17. The van der Waals surface area contributed by atoms with Crippen molar-refractivity contribution in [3.8, 4) is 0 Å². The number of hydrogen-bond acceptors (Lipinski definition) is 3. The first-order chi connectivity index (χ1) is 4.86. The number of hydrogen-bond donors (Lipinski definition) is 0. The number of epoxide rings is 2. The molecule has 2 saturated heterocycles. The molecule has 3 rings (SSSR count). The first kappa shape index (κ1) is 5.27. The Morgan fingerprint density at radius 2 is 1.60 bits per heavy atom. The van der Waals surface area contributed by atoms with Crippen LogP contribution in [0.15, 0.2) is 0 Å². The Morgan fingerprint density at radius 3 is 2.10 bits per heavy atom. The van der Waals surface area contributed by atoms with Gasteiger partial charge in [-0.15, -0.1) is 0 Å². The minimum absolute atomic E-state index is 0.0856. The monoisotopic (exact) mass is 140 g/mol. The number of ether oxygens (including phenoxy) is 2. The van der Waals surface area contributed by atoms with Crippen LogP contribution in [0.3, 0.4) is 0 Å². The highest BCUT2D eigenvalue weighted by Gasteiger charge is 2.58. The van der Waals surface area contributed by atoms with Crippen LogP contribution >= 0.6 is 0 Å². The van der Waals surface area contributed by atoms with Crippen molar-refractivity contribution in [2.45, 2.75) is 37.3 Å². The van der Waals surface area contributed by atoms with Gasteiger partial charge in [0.25, 0.3) is 0 Å². The molecule has 3 nitrogen and oxygen atoms in total. The van der Waals surface area contributed by atoms with E-state index in [0.29, 0.717) is 0 Å². The van der Waals surface area contributed by atoms with Crippen molar-refractivity contribution in [1.29, 1.82) is 0 Å². The highest BCUT2D eigenvalue weighted by atomic mass is 16.6. The van der Waals surface area contributed by atoms with Crippen LogP contribution in [0.25, 0.3) is 0 Å². The molecular formula is C7H8O3. The lowest BCUT2D eigenvalue weighted by Crippen LogP contribution is -2.15. The van der Waals surface area contributed by atoms with Crippen molar-refractivity contribution < 1.29 is 14.3 Å². The molecular weight excluding hydrogens is 132 g/mol. The molecule has 54 valence electrons. The summed E-state index contributed by atoms with van der Waals surface area (Å²) in [6.45, 7) is 0. The second kappa shape index (κ2) is 1.43. The fourth-order valence-corrected chi connectivity index (χ4v) is 1.72. The number of fused-ring (bicyclic) bond motifs is 2. The minimum atomic E-state index is -0.0856. The summed E-state index contributed by atoms with van der Waals surface area (Å²) in [6.07, 6.45) is 2.36. The van der Waals surface area contributed by atoms with Crippen LogP contribution < -0.4 is 0 Å². The van der Waals surface area contributed by atoms with Gasteiger partial charge in [-0.2, -0.15) is 0 Å². The van der Waals surface area contributed by atoms with Crippen molar-refractivity contribution in [2.75, 3.05) is 0 Å². The molecule has 0 bridgehead atoms. The van der Waals surface area contributed by atoms with Crippen LogP contribution in [-0.4, -0.2) is 30.2 Å². The van der Waals surface area contributed by atoms with Gasteiger partial charge >= 0.3 is 0 Å². The van der Waals surface area contributed by atoms with E-state index < -0.39 is 0 Å². The van der Waals surface area contributed by atoms with E-state index >= 15 is 0 Å². The molecule has 3 fully saturated rings. The van der Waals surface area contributed by atoms with E-state index in [0.717, 1.165) is 12.8 Å². The third-order valence-electron chi connectivity index (χ3n) is 2.46. The normalized spacial score (nSPS) is 56.6. The average molecular weight is 140 g/mol. The van der Waals surface area contributed by atoms with E-state index in [4.69, 9.17) is 9.47 Å². The highest BCUT2D eigenvalue weighted by Crippen LogP contribution is 2.41. The maximum absolute atomic E-state index is 11.2. The van der Waals surface area contributed by atoms with E-state index in [1.807, 2.05) is 0 Å². The molecule has 0 amide bonds. The maximum Gasteiger partial charge on any atom is 0.195 e. The molecule has 3 aliphatic rings. The fraction of sp³-hybridized carbons (Fsp3) is 0.857. The zero-order chi connectivity index (χ0) is 6.72. The number of rotatable bonds is 0. The SMILES string of the molecule is O=C1[C@H]2O[C@H]2CC[C@@H]2O[C@H]12. The molecule has 1 aliphatic carbocycles. The number of ketones is 1. The minimum Gasteiger partial charge on any atom is -0.361 e. The molecule has 0 unspecified atom stereocenters. The average Bonchev–Trinajstić information content (AvgIpc) is 2.76. The van der Waals surface area contributed by atoms with E-state index in [2.05, 4.69) is 0 Å². The molecule has 0 aromatic heterocycles. The quantitative estimate of drug-likeness (QED) is 0.441. The fourth-order valence-electron chi connectivity index (χ4n) is 1.72. The van der Waals surface area contributed by atoms with Gasteiger partial charge in [0, 0.05) is 0 Å². The summed E-state index contributed by atoms with van der Waals surface area (Å²) in [5.41, 5.74) is 0. The summed E-state index contributed by atoms with van der Waals surface area (Å²) in [7, 11) is 0. The molecule has 0 aromatic carbocycles. The molecule has 0 N–H and O–H groups in total. The van der Waals surface area contributed by atoms with Gasteiger partial charge in [0.05, 0.1) is 12.2 Å². The molecule has 2 aliphatic heterocycles. The lowest BCUT2D eigenvalue weighted by Gasteiger charge is -1.86. The molecule has 2 heterocycles. The van der Waals surface area contributed by atoms with Gasteiger partial charge in [0.15, 0.2) is 5.78 Å². The molecule has 4 atom stereocenters. The first-order valence-corrected chi connectivity index (χ1v) is 3.71. The van der Waals surface area contributed by atoms with E-state index in [9.17, 15) is 4.79 Å². The zero-order valence-electron chi connectivity index (χ0n) is 5.45. The summed E-state index contributed by atoms with van der Waals surface area (Å²) >= 11 is 0. The topological polar surface area (TPSA) is 42.1 Å². The summed E-state index contributed by atoms with van der Waals surface area (Å²) < 4.78 is 10.3. The standard InChI is InChI=1S/C7H8O3/c8-5-6-3(9-6)1-2-4-7(5)10-4/h3-4,6-7H,1-2H2/t3-,4-,6-,7-/m0/s1. The van der Waals surface area contributed by atoms with Crippen LogP contribution in [0.1, 0.15) is 12.8 Å². The van der Waals surface area contributed by atoms with Crippen LogP contribution in [-0.2, 0) is 14.3 Å². The predicted molar refractivity (Wildman–Crippen MR) is 31.6 cm³/mol. The molecule has 1 saturated carbocycles. The number of carbonyl (C=O) groups excluding carboxylic acids is 1. The largest absolute Gasteiger partial charge is 0.361 e. The molecule has 3 heteroatoms. The van der Waals surface area contributed by atoms with Crippen LogP contribution in [0.4, 0.5) is 0 Å². The smallest absolute Gasteiger partial charge is 0.195 e. The van der Waals surface area contributed by atoms with Crippen molar-refractivity contribution in [3.63, 3.8) is 0 Å². The van der Waals surface area contributed by atoms with Gasteiger partial charge < -0.3 is 9.47 Å². The van der Waals surface area contributed by atoms with Gasteiger partial charge in [-0.05, 0) is 12.8 Å². The van der Waals surface area contributed by atoms with E-state index in [1.165, 1.54) is 0 Å². The maximum atomic E-state index is 11.2. The van der Waals surface area contributed by atoms with Gasteiger partial charge in [-0.1, -0.05) is 0 Å². The van der Waals surface area contributed by atoms with E-state index in [1.54, 1.807) is 0 Å². The van der Waals surface area contributed by atoms with Gasteiger partial charge in [-0.3, -0.25) is 4.79 Å². The van der Waals surface area contributed by atoms with Gasteiger partial charge in [0.2, 0.25) is 0 Å². The zero-order valence-corrected chi connectivity index (χ0v) is 5.45. The third kappa shape index (κ3) is 0.545. The lowest BCUT2D eigenvalue weighted by molar-refractivity contribution is -0.121. The van der Waals surface area contributed by atoms with Crippen molar-refractivity contribution in [1.82, 2.24) is 0 Å². The molecule has 0 radical (unpaired) electrons. The molecule has 0 aromatic rings. The predicted octanol–water partition coefficient (Wildman–Crippen LogP) is -0.116. The van der Waals surface area contributed by atoms with Crippen molar-refractivity contribution in [2.24, 2.45) is 0 Å². The summed E-state index contributed by atoms with van der Waals surface area (Å²) in [5.74, 6) is 0.188. The van der Waals surface area contributed by atoms with Crippen LogP contribution in [0.2, 0.25) is 0 Å². The summed E-state index contributed by atoms with van der Waals surface area (Å²) in [6, 6.07) is 0. The molecule has 0 spiro atoms. The van der Waals surface area contributed by atoms with Gasteiger partial charge in [-0.25, -0.2) is 0 Å². The molecule has 10 heavy (non-hydrogen) atoms. The first-order valence-electron chi connectivity index (χ1n) is 3.71. The highest BCUT2D eigenvalue weighted by molar-refractivity contribution is 5.92. The van der Waals surface area contributed by atoms with E-state index in [-0.39, 0.29) is 30.2 Å². The Balaban J connectivity index is 1.88. The van der Waals surface area contributed by atoms with Crippen molar-refractivity contribution in [3.05, 3.63) is 0 Å². The van der Waals surface area contributed by atoms with Crippen LogP contribution in [0.5, 0.6) is 0 Å². The Hall–Kier alpha value is -0.410.